The Labute approximate surface area is 188 Å². The minimum absolute atomic E-state index is 0.282. The first-order valence-corrected chi connectivity index (χ1v) is 12.5. The van der Waals surface area contributed by atoms with Gasteiger partial charge in [0.25, 0.3) is 0 Å². The number of allylic oxidation sites excluding steroid dienone is 3. The molecule has 3 unspecified atom stereocenters. The molecule has 2 rings (SSSR count). The fourth-order valence-electron chi connectivity index (χ4n) is 3.21. The van der Waals surface area contributed by atoms with E-state index >= 15 is 0 Å². The molecule has 1 saturated heterocycles. The summed E-state index contributed by atoms with van der Waals surface area (Å²) in [5.41, 5.74) is 0. The van der Waals surface area contributed by atoms with Crippen LogP contribution in [0.3, 0.4) is 0 Å². The summed E-state index contributed by atoms with van der Waals surface area (Å²) in [6.45, 7) is 17.7. The van der Waals surface area contributed by atoms with Gasteiger partial charge in [-0.1, -0.05) is 78.2 Å². The van der Waals surface area contributed by atoms with Gasteiger partial charge in [0.05, 0.1) is 25.9 Å². The average Bonchev–Trinajstić information content (AvgIpc) is 3.32. The van der Waals surface area contributed by atoms with E-state index in [-0.39, 0.29) is 6.10 Å². The number of hydrogen-bond donors (Lipinski definition) is 1. The van der Waals surface area contributed by atoms with Crippen molar-refractivity contribution < 1.29 is 14.2 Å². The van der Waals surface area contributed by atoms with E-state index in [4.69, 9.17) is 14.2 Å². The zero-order valence-electron chi connectivity index (χ0n) is 21.3. The normalized spacial score (nSPS) is 20.2. The third-order valence-electron chi connectivity index (χ3n) is 4.75. The number of hydrogen-bond acceptors (Lipinski definition) is 4. The third-order valence-corrected chi connectivity index (χ3v) is 4.75. The van der Waals surface area contributed by atoms with E-state index in [1.807, 2.05) is 34.7 Å². The topological polar surface area (TPSA) is 39.7 Å². The lowest BCUT2D eigenvalue weighted by atomic mass is 10.0. The molecule has 1 heterocycles. The summed E-state index contributed by atoms with van der Waals surface area (Å²) in [6, 6.07) is 0. The fraction of sp³-hybridized carbons (Fsp3) is 0.846. The van der Waals surface area contributed by atoms with Gasteiger partial charge in [-0.25, -0.2) is 0 Å². The number of rotatable bonds is 12. The zero-order valence-corrected chi connectivity index (χ0v) is 21.3. The van der Waals surface area contributed by atoms with E-state index in [1.165, 1.54) is 25.7 Å². The van der Waals surface area contributed by atoms with Crippen LogP contribution in [0.25, 0.3) is 0 Å². The minimum Gasteiger partial charge on any atom is -0.381 e. The van der Waals surface area contributed by atoms with Gasteiger partial charge in [0.2, 0.25) is 0 Å². The van der Waals surface area contributed by atoms with Crippen molar-refractivity contribution in [1.82, 2.24) is 5.32 Å². The Morgan fingerprint density at radius 3 is 2.40 bits per heavy atom. The SMILES string of the molecule is CC.CC.CCCCCC(COCC1C=CC=CC1)OCC.CNCC1CCOC1. The van der Waals surface area contributed by atoms with E-state index < -0.39 is 0 Å². The van der Waals surface area contributed by atoms with Crippen LogP contribution < -0.4 is 5.32 Å². The molecule has 0 saturated carbocycles. The van der Waals surface area contributed by atoms with Crippen LogP contribution in [-0.4, -0.2) is 52.7 Å². The van der Waals surface area contributed by atoms with Crippen molar-refractivity contribution >= 4 is 0 Å². The maximum atomic E-state index is 5.81. The highest BCUT2D eigenvalue weighted by molar-refractivity contribution is 5.10. The average molecular weight is 428 g/mol. The lowest BCUT2D eigenvalue weighted by molar-refractivity contribution is -0.0217. The summed E-state index contributed by atoms with van der Waals surface area (Å²) in [5.74, 6) is 1.33. The summed E-state index contributed by atoms with van der Waals surface area (Å²) in [6.07, 6.45) is 16.2. The molecule has 3 atom stereocenters. The third kappa shape index (κ3) is 19.3. The molecule has 2 aliphatic rings. The summed E-state index contributed by atoms with van der Waals surface area (Å²) in [4.78, 5) is 0. The molecule has 0 amide bonds. The van der Waals surface area contributed by atoms with Crippen LogP contribution in [0, 0.1) is 11.8 Å². The molecule has 0 radical (unpaired) electrons. The van der Waals surface area contributed by atoms with Gasteiger partial charge in [-0.05, 0) is 45.7 Å². The van der Waals surface area contributed by atoms with Gasteiger partial charge in [-0.2, -0.15) is 0 Å². The maximum absolute atomic E-state index is 5.81. The molecule has 0 aromatic heterocycles. The number of nitrogens with one attached hydrogen (secondary N) is 1. The molecule has 4 nitrogen and oxygen atoms in total. The molecule has 0 aromatic rings. The molecule has 180 valence electrons. The van der Waals surface area contributed by atoms with Crippen molar-refractivity contribution in [2.45, 2.75) is 86.2 Å². The van der Waals surface area contributed by atoms with Gasteiger partial charge in [0, 0.05) is 19.1 Å². The molecule has 0 bridgehead atoms. The Bertz CT molecular complexity index is 365. The molecule has 1 N–H and O–H groups in total. The van der Waals surface area contributed by atoms with E-state index in [9.17, 15) is 0 Å². The largest absolute Gasteiger partial charge is 0.381 e. The van der Waals surface area contributed by atoms with Gasteiger partial charge in [-0.15, -0.1) is 0 Å². The number of ether oxygens (including phenoxy) is 3. The van der Waals surface area contributed by atoms with Gasteiger partial charge in [-0.3, -0.25) is 0 Å². The second-order valence-electron chi connectivity index (χ2n) is 7.21. The number of unbranched alkanes of at least 4 members (excludes halogenated alkanes) is 2. The quantitative estimate of drug-likeness (QED) is 0.365. The van der Waals surface area contributed by atoms with Gasteiger partial charge >= 0.3 is 0 Å². The first-order chi connectivity index (χ1) is 14.8. The van der Waals surface area contributed by atoms with E-state index in [1.54, 1.807) is 0 Å². The van der Waals surface area contributed by atoms with E-state index in [2.05, 4.69) is 43.5 Å². The predicted molar refractivity (Wildman–Crippen MR) is 132 cm³/mol. The van der Waals surface area contributed by atoms with Gasteiger partial charge < -0.3 is 19.5 Å². The lowest BCUT2D eigenvalue weighted by Crippen LogP contribution is -2.22. The summed E-state index contributed by atoms with van der Waals surface area (Å²) in [7, 11) is 1.98. The molecule has 30 heavy (non-hydrogen) atoms. The lowest BCUT2D eigenvalue weighted by Gasteiger charge is -2.19. The van der Waals surface area contributed by atoms with Crippen molar-refractivity contribution in [2.75, 3.05) is 46.6 Å². The van der Waals surface area contributed by atoms with Crippen LogP contribution in [0.15, 0.2) is 24.3 Å². The van der Waals surface area contributed by atoms with Crippen molar-refractivity contribution in [3.05, 3.63) is 24.3 Å². The van der Waals surface area contributed by atoms with E-state index in [0.29, 0.717) is 5.92 Å². The van der Waals surface area contributed by atoms with Crippen LogP contribution in [0.1, 0.15) is 80.1 Å². The van der Waals surface area contributed by atoms with Crippen molar-refractivity contribution in [3.63, 3.8) is 0 Å². The summed E-state index contributed by atoms with van der Waals surface area (Å²) < 4.78 is 16.7. The maximum Gasteiger partial charge on any atom is 0.0808 e. The fourth-order valence-corrected chi connectivity index (χ4v) is 3.21. The zero-order chi connectivity index (χ0) is 22.9. The Kier molecular flexibility index (Phi) is 27.7. The highest BCUT2D eigenvalue weighted by Gasteiger charge is 2.13. The molecule has 1 fully saturated rings. The van der Waals surface area contributed by atoms with Crippen LogP contribution in [0.2, 0.25) is 0 Å². The molecule has 0 spiro atoms. The van der Waals surface area contributed by atoms with Crippen molar-refractivity contribution in [3.8, 4) is 0 Å². The van der Waals surface area contributed by atoms with Gasteiger partial charge in [0.1, 0.15) is 0 Å². The second-order valence-corrected chi connectivity index (χ2v) is 7.21. The highest BCUT2D eigenvalue weighted by atomic mass is 16.5. The van der Waals surface area contributed by atoms with Crippen LogP contribution in [-0.2, 0) is 14.2 Å². The predicted octanol–water partition coefficient (Wildman–Crippen LogP) is 6.42. The molecule has 4 heteroatoms. The monoisotopic (exact) mass is 427 g/mol. The van der Waals surface area contributed by atoms with Gasteiger partial charge in [0.15, 0.2) is 0 Å². The molecule has 0 aromatic carbocycles. The second kappa shape index (κ2) is 26.4. The Balaban J connectivity index is 0. The highest BCUT2D eigenvalue weighted by Crippen LogP contribution is 2.13. The minimum atomic E-state index is 0.282. The summed E-state index contributed by atoms with van der Waals surface area (Å²) in [5, 5.41) is 3.13. The first-order valence-electron chi connectivity index (χ1n) is 12.5. The van der Waals surface area contributed by atoms with Crippen molar-refractivity contribution in [2.24, 2.45) is 11.8 Å². The Hall–Kier alpha value is -0.680. The molecular formula is C26H53NO3. The smallest absolute Gasteiger partial charge is 0.0808 e. The van der Waals surface area contributed by atoms with Crippen LogP contribution in [0.5, 0.6) is 0 Å². The standard InChI is InChI=1S/C16H28O2.C6H13NO.2C2H6/c1-3-5-7-12-16(18-4-2)14-17-13-15-10-8-6-9-11-15;1-7-4-6-2-3-8-5-6;2*1-2/h6,8-10,15-16H,3-5,7,11-14H2,1-2H3;6-7H,2-5H2,1H3;2*1-2H3. The van der Waals surface area contributed by atoms with E-state index in [0.717, 1.165) is 58.3 Å². The molecule has 1 aliphatic heterocycles. The van der Waals surface area contributed by atoms with Crippen LogP contribution >= 0.6 is 0 Å². The van der Waals surface area contributed by atoms with Crippen LogP contribution in [0.4, 0.5) is 0 Å². The molecule has 1 aliphatic carbocycles. The molecular weight excluding hydrogens is 374 g/mol. The summed E-state index contributed by atoms with van der Waals surface area (Å²) >= 11 is 0. The Morgan fingerprint density at radius 2 is 1.87 bits per heavy atom. The Morgan fingerprint density at radius 1 is 1.10 bits per heavy atom. The van der Waals surface area contributed by atoms with Crippen molar-refractivity contribution in [1.29, 1.82) is 0 Å². The first kappa shape index (κ1) is 31.5.